The number of benzene rings is 1. The summed E-state index contributed by atoms with van der Waals surface area (Å²) in [7, 11) is -5.51. The highest BCUT2D eigenvalue weighted by atomic mass is 35.5. The van der Waals surface area contributed by atoms with E-state index in [1.807, 2.05) is 23.6 Å². The van der Waals surface area contributed by atoms with Gasteiger partial charge in [-0.15, -0.1) is 11.3 Å². The van der Waals surface area contributed by atoms with Crippen LogP contribution in [0.15, 0.2) is 48.0 Å². The van der Waals surface area contributed by atoms with E-state index in [9.17, 15) is 21.6 Å². The van der Waals surface area contributed by atoms with Crippen LogP contribution >= 0.6 is 22.9 Å². The highest BCUT2D eigenvalue weighted by molar-refractivity contribution is 7.93. The van der Waals surface area contributed by atoms with Gasteiger partial charge in [0.1, 0.15) is 0 Å². The van der Waals surface area contributed by atoms with Gasteiger partial charge in [-0.3, -0.25) is 9.71 Å². The Morgan fingerprint density at radius 1 is 1.10 bits per heavy atom. The van der Waals surface area contributed by atoms with Gasteiger partial charge in [0, 0.05) is 27.7 Å². The molecule has 10 heteroatoms. The number of nitrogens with zero attached hydrogens (tertiary/aromatic N) is 1. The number of thiophene rings is 1. The molecular formula is C21H20ClF3N2O2S2. The lowest BCUT2D eigenvalue weighted by Crippen LogP contribution is -2.29. The summed E-state index contributed by atoms with van der Waals surface area (Å²) < 4.78 is 61.8. The Morgan fingerprint density at radius 2 is 1.81 bits per heavy atom. The summed E-state index contributed by atoms with van der Waals surface area (Å²) in [5.74, 6) is 0. The lowest BCUT2D eigenvalue weighted by molar-refractivity contribution is -0.0429. The number of rotatable bonds is 6. The molecule has 0 bridgehead atoms. The number of aromatic nitrogens is 1. The first-order valence-corrected chi connectivity index (χ1v) is 12.0. The van der Waals surface area contributed by atoms with Crippen molar-refractivity contribution in [3.05, 3.63) is 58.7 Å². The van der Waals surface area contributed by atoms with Gasteiger partial charge in [0.25, 0.3) is 0 Å². The predicted octanol–water partition coefficient (Wildman–Crippen LogP) is 7.08. The van der Waals surface area contributed by atoms with E-state index < -0.39 is 15.5 Å². The van der Waals surface area contributed by atoms with E-state index in [1.165, 1.54) is 28.2 Å². The van der Waals surface area contributed by atoms with Crippen LogP contribution in [0.1, 0.15) is 32.9 Å². The third-order valence-electron chi connectivity index (χ3n) is 5.06. The molecule has 0 spiro atoms. The number of alkyl halides is 3. The zero-order chi connectivity index (χ0) is 23.0. The van der Waals surface area contributed by atoms with E-state index in [4.69, 9.17) is 11.6 Å². The molecule has 3 aromatic rings. The van der Waals surface area contributed by atoms with Crippen molar-refractivity contribution in [2.45, 2.75) is 38.1 Å². The number of sulfonamides is 1. The van der Waals surface area contributed by atoms with Gasteiger partial charge in [0.2, 0.25) is 0 Å². The Hall–Kier alpha value is -2.10. The molecule has 166 valence electrons. The molecule has 0 atom stereocenters. The van der Waals surface area contributed by atoms with Crippen LogP contribution in [-0.4, -0.2) is 18.9 Å². The fourth-order valence-electron chi connectivity index (χ4n) is 2.78. The van der Waals surface area contributed by atoms with Gasteiger partial charge >= 0.3 is 15.5 Å². The fourth-order valence-corrected chi connectivity index (χ4v) is 4.63. The van der Waals surface area contributed by atoms with E-state index in [0.29, 0.717) is 5.56 Å². The van der Waals surface area contributed by atoms with Crippen LogP contribution in [0.5, 0.6) is 0 Å². The first-order chi connectivity index (χ1) is 14.3. The van der Waals surface area contributed by atoms with Crippen molar-refractivity contribution >= 4 is 38.6 Å². The summed E-state index contributed by atoms with van der Waals surface area (Å²) in [6.45, 7) is 6.37. The highest BCUT2D eigenvalue weighted by Gasteiger charge is 2.46. The molecule has 31 heavy (non-hydrogen) atoms. The molecule has 2 aromatic heterocycles. The predicted molar refractivity (Wildman–Crippen MR) is 120 cm³/mol. The van der Waals surface area contributed by atoms with Crippen molar-refractivity contribution in [3.63, 3.8) is 0 Å². The molecule has 0 fully saturated rings. The van der Waals surface area contributed by atoms with E-state index in [-0.39, 0.29) is 16.1 Å². The number of hydrogen-bond donors (Lipinski definition) is 1. The lowest BCUT2D eigenvalue weighted by atomic mass is 9.85. The van der Waals surface area contributed by atoms with Crippen LogP contribution in [0.25, 0.3) is 21.6 Å². The highest BCUT2D eigenvalue weighted by Crippen LogP contribution is 2.38. The Morgan fingerprint density at radius 3 is 2.42 bits per heavy atom. The van der Waals surface area contributed by atoms with Crippen LogP contribution < -0.4 is 4.72 Å². The first-order valence-electron chi connectivity index (χ1n) is 9.28. The van der Waals surface area contributed by atoms with Gasteiger partial charge in [-0.2, -0.15) is 21.6 Å². The van der Waals surface area contributed by atoms with Crippen LogP contribution in [0.4, 0.5) is 18.9 Å². The Balaban J connectivity index is 1.89. The van der Waals surface area contributed by atoms with Gasteiger partial charge in [0.15, 0.2) is 0 Å². The van der Waals surface area contributed by atoms with Crippen LogP contribution in [0, 0.1) is 0 Å². The van der Waals surface area contributed by atoms with Crippen LogP contribution in [0.3, 0.4) is 0 Å². The summed E-state index contributed by atoms with van der Waals surface area (Å²) in [6.07, 6.45) is 2.71. The molecule has 3 rings (SSSR count). The second-order valence-electron chi connectivity index (χ2n) is 7.61. The molecule has 1 aromatic carbocycles. The number of hydrogen-bond acceptors (Lipinski definition) is 4. The normalized spacial score (nSPS) is 12.7. The maximum atomic E-state index is 12.6. The second kappa shape index (κ2) is 8.44. The van der Waals surface area contributed by atoms with Crippen molar-refractivity contribution in [2.24, 2.45) is 0 Å². The molecule has 0 aliphatic rings. The molecule has 1 N–H and O–H groups in total. The number of halogens is 4. The van der Waals surface area contributed by atoms with Crippen molar-refractivity contribution in [1.29, 1.82) is 0 Å². The topological polar surface area (TPSA) is 59.1 Å². The minimum Gasteiger partial charge on any atom is -0.276 e. The molecular weight excluding hydrogens is 469 g/mol. The first kappa shape index (κ1) is 23.6. The molecule has 0 unspecified atom stereocenters. The summed E-state index contributed by atoms with van der Waals surface area (Å²) in [6, 6.07) is 9.80. The summed E-state index contributed by atoms with van der Waals surface area (Å²) >= 11 is 7.68. The van der Waals surface area contributed by atoms with Crippen molar-refractivity contribution in [1.82, 2.24) is 4.98 Å². The maximum Gasteiger partial charge on any atom is 0.516 e. The molecule has 0 amide bonds. The largest absolute Gasteiger partial charge is 0.516 e. The van der Waals surface area contributed by atoms with Crippen molar-refractivity contribution < 1.29 is 21.6 Å². The van der Waals surface area contributed by atoms with E-state index in [1.54, 1.807) is 6.20 Å². The molecule has 0 saturated heterocycles. The smallest absolute Gasteiger partial charge is 0.276 e. The Labute approximate surface area is 188 Å². The number of nitrogens with one attached hydrogen (secondary N) is 1. The zero-order valence-electron chi connectivity index (χ0n) is 16.9. The number of anilines is 1. The molecule has 0 aliphatic carbocycles. The third-order valence-corrected chi connectivity index (χ3v) is 7.45. The maximum absolute atomic E-state index is 12.6. The van der Waals surface area contributed by atoms with Crippen molar-refractivity contribution in [3.8, 4) is 21.6 Å². The van der Waals surface area contributed by atoms with Gasteiger partial charge in [-0.1, -0.05) is 32.4 Å². The Bertz CT molecular complexity index is 1210. The summed E-state index contributed by atoms with van der Waals surface area (Å²) in [5, 5.41) is 2.10. The SMILES string of the molecule is CCC(C)(C)c1cc(-c2csc(-c3ccc(NS(=O)(=O)C(F)(F)F)cc3Cl)c2)ccn1. The standard InChI is InChI=1S/C21H20ClF3N2O2S2/c1-4-20(2,3)19-10-13(7-8-26-19)14-9-18(30-12-14)16-6-5-15(11-17(16)22)27-31(28,29)21(23,24)25/h5-12,27H,4H2,1-3H3. The number of pyridine rings is 1. The van der Waals surface area contributed by atoms with Crippen LogP contribution in [0.2, 0.25) is 5.02 Å². The Kier molecular flexibility index (Phi) is 6.42. The molecule has 0 aliphatic heterocycles. The summed E-state index contributed by atoms with van der Waals surface area (Å²) in [4.78, 5) is 5.29. The van der Waals surface area contributed by atoms with E-state index in [0.717, 1.165) is 34.2 Å². The van der Waals surface area contributed by atoms with E-state index >= 15 is 0 Å². The van der Waals surface area contributed by atoms with E-state index in [2.05, 4.69) is 25.8 Å². The second-order valence-corrected chi connectivity index (χ2v) is 10.6. The van der Waals surface area contributed by atoms with Crippen molar-refractivity contribution in [2.75, 3.05) is 4.72 Å². The lowest BCUT2D eigenvalue weighted by Gasteiger charge is -2.22. The third kappa shape index (κ3) is 5.05. The quantitative estimate of drug-likeness (QED) is 0.403. The molecule has 0 radical (unpaired) electrons. The van der Waals surface area contributed by atoms with Gasteiger partial charge in [-0.25, -0.2) is 0 Å². The van der Waals surface area contributed by atoms with Gasteiger partial charge in [-0.05, 0) is 59.3 Å². The minimum atomic E-state index is -5.51. The van der Waals surface area contributed by atoms with Gasteiger partial charge < -0.3 is 0 Å². The van der Waals surface area contributed by atoms with Crippen LogP contribution in [-0.2, 0) is 15.4 Å². The monoisotopic (exact) mass is 488 g/mol. The zero-order valence-corrected chi connectivity index (χ0v) is 19.3. The molecule has 0 saturated carbocycles. The average Bonchev–Trinajstić information content (AvgIpc) is 3.17. The average molecular weight is 489 g/mol. The minimum absolute atomic E-state index is 0.0578. The van der Waals surface area contributed by atoms with Gasteiger partial charge in [0.05, 0.1) is 10.7 Å². The fraction of sp³-hybridized carbons (Fsp3) is 0.286. The molecule has 4 nitrogen and oxygen atoms in total. The summed E-state index contributed by atoms with van der Waals surface area (Å²) in [5.41, 5.74) is -2.18. The molecule has 2 heterocycles.